The Bertz CT molecular complexity index is 785. The molecule has 0 unspecified atom stereocenters. The number of hydrogen-bond donors (Lipinski definition) is 2. The van der Waals surface area contributed by atoms with Crippen LogP contribution in [-0.4, -0.2) is 34.5 Å². The summed E-state index contributed by atoms with van der Waals surface area (Å²) in [5.74, 6) is 1.50. The molecule has 7 nitrogen and oxygen atoms in total. The van der Waals surface area contributed by atoms with E-state index in [0.29, 0.717) is 6.54 Å². The average molecular weight is 466 g/mol. The van der Waals surface area contributed by atoms with E-state index in [9.17, 15) is 0 Å². The molecule has 8 heteroatoms. The number of aryl methyl sites for hydroxylation is 1. The fourth-order valence-electron chi connectivity index (χ4n) is 2.41. The van der Waals surface area contributed by atoms with E-state index in [1.165, 1.54) is 0 Å². The quantitative estimate of drug-likeness (QED) is 0.242. The molecule has 3 aromatic rings. The van der Waals surface area contributed by atoms with E-state index in [2.05, 4.69) is 25.9 Å². The summed E-state index contributed by atoms with van der Waals surface area (Å²) in [5.41, 5.74) is 1.85. The Labute approximate surface area is 169 Å². The lowest BCUT2D eigenvalue weighted by Gasteiger charge is -2.10. The molecule has 0 fully saturated rings. The highest BCUT2D eigenvalue weighted by Gasteiger charge is 2.07. The molecule has 2 N–H and O–H groups in total. The standard InChI is InChI=1S/C18H22N6O.HI/c1-19-18(20-9-5-11-24-12-6-10-22-24)21-14-16-13-17(25-23-16)15-7-3-2-4-8-15;/h2-4,6-8,10,12-13H,5,9,11,14H2,1H3,(H2,19,20,21);1H. The van der Waals surface area contributed by atoms with Crippen molar-refractivity contribution in [1.82, 2.24) is 25.6 Å². The average Bonchev–Trinajstić information content (AvgIpc) is 3.34. The molecular formula is C18H23IN6O. The predicted octanol–water partition coefficient (Wildman–Crippen LogP) is 2.91. The molecule has 0 bridgehead atoms. The van der Waals surface area contributed by atoms with Crippen molar-refractivity contribution in [1.29, 1.82) is 0 Å². The van der Waals surface area contributed by atoms with Gasteiger partial charge in [-0.3, -0.25) is 9.67 Å². The zero-order valence-electron chi connectivity index (χ0n) is 14.6. The minimum Gasteiger partial charge on any atom is -0.356 e. The highest BCUT2D eigenvalue weighted by atomic mass is 127. The Balaban J connectivity index is 0.00000243. The summed E-state index contributed by atoms with van der Waals surface area (Å²) in [6.07, 6.45) is 4.71. The largest absolute Gasteiger partial charge is 0.356 e. The lowest BCUT2D eigenvalue weighted by molar-refractivity contribution is 0.422. The van der Waals surface area contributed by atoms with E-state index in [0.717, 1.165) is 42.5 Å². The van der Waals surface area contributed by atoms with Gasteiger partial charge in [-0.1, -0.05) is 35.5 Å². The molecule has 1 aromatic carbocycles. The van der Waals surface area contributed by atoms with Gasteiger partial charge < -0.3 is 15.2 Å². The van der Waals surface area contributed by atoms with Crippen LogP contribution in [0.4, 0.5) is 0 Å². The van der Waals surface area contributed by atoms with Crippen molar-refractivity contribution in [2.45, 2.75) is 19.5 Å². The molecule has 0 radical (unpaired) electrons. The summed E-state index contributed by atoms with van der Waals surface area (Å²) in [7, 11) is 1.75. The van der Waals surface area contributed by atoms with E-state index < -0.39 is 0 Å². The Morgan fingerprint density at radius 1 is 1.19 bits per heavy atom. The molecule has 0 aliphatic carbocycles. The summed E-state index contributed by atoms with van der Waals surface area (Å²) in [6.45, 7) is 2.24. The van der Waals surface area contributed by atoms with Crippen molar-refractivity contribution in [2.75, 3.05) is 13.6 Å². The van der Waals surface area contributed by atoms with E-state index >= 15 is 0 Å². The second-order valence-corrected chi connectivity index (χ2v) is 5.52. The Hall–Kier alpha value is -2.36. The van der Waals surface area contributed by atoms with E-state index in [1.54, 1.807) is 13.2 Å². The normalized spacial score (nSPS) is 11.0. The van der Waals surface area contributed by atoms with Crippen molar-refractivity contribution in [3.05, 3.63) is 60.6 Å². The van der Waals surface area contributed by atoms with Crippen molar-refractivity contribution >= 4 is 29.9 Å². The van der Waals surface area contributed by atoms with Crippen LogP contribution < -0.4 is 10.6 Å². The summed E-state index contributed by atoms with van der Waals surface area (Å²) in [4.78, 5) is 4.22. The first-order chi connectivity index (χ1) is 12.3. The van der Waals surface area contributed by atoms with Crippen LogP contribution in [0, 0.1) is 0 Å². The van der Waals surface area contributed by atoms with Crippen LogP contribution in [0.3, 0.4) is 0 Å². The number of rotatable bonds is 7. The fourth-order valence-corrected chi connectivity index (χ4v) is 2.41. The van der Waals surface area contributed by atoms with Gasteiger partial charge in [0.2, 0.25) is 0 Å². The Morgan fingerprint density at radius 3 is 2.77 bits per heavy atom. The molecule has 0 atom stereocenters. The van der Waals surface area contributed by atoms with Crippen LogP contribution in [-0.2, 0) is 13.1 Å². The van der Waals surface area contributed by atoms with Gasteiger partial charge >= 0.3 is 0 Å². The molecule has 2 heterocycles. The lowest BCUT2D eigenvalue weighted by Crippen LogP contribution is -2.37. The monoisotopic (exact) mass is 466 g/mol. The van der Waals surface area contributed by atoms with E-state index in [-0.39, 0.29) is 24.0 Å². The van der Waals surface area contributed by atoms with Crippen molar-refractivity contribution < 1.29 is 4.52 Å². The zero-order valence-corrected chi connectivity index (χ0v) is 17.0. The smallest absolute Gasteiger partial charge is 0.191 e. The molecule has 0 spiro atoms. The number of guanidine groups is 1. The number of aliphatic imine (C=N–C) groups is 1. The molecule has 0 saturated carbocycles. The third-order valence-electron chi connectivity index (χ3n) is 3.69. The number of halogens is 1. The highest BCUT2D eigenvalue weighted by molar-refractivity contribution is 14.0. The first-order valence-electron chi connectivity index (χ1n) is 8.28. The van der Waals surface area contributed by atoms with Gasteiger partial charge in [0.25, 0.3) is 0 Å². The van der Waals surface area contributed by atoms with Gasteiger partial charge in [0.05, 0.1) is 6.54 Å². The first kappa shape index (κ1) is 20.0. The summed E-state index contributed by atoms with van der Waals surface area (Å²) in [6, 6.07) is 13.8. The second-order valence-electron chi connectivity index (χ2n) is 5.52. The molecule has 138 valence electrons. The second kappa shape index (κ2) is 10.6. The molecule has 0 saturated heterocycles. The fraction of sp³-hybridized carbons (Fsp3) is 0.278. The van der Waals surface area contributed by atoms with Crippen molar-refractivity contribution in [3.8, 4) is 11.3 Å². The third-order valence-corrected chi connectivity index (χ3v) is 3.69. The van der Waals surface area contributed by atoms with Crippen molar-refractivity contribution in [3.63, 3.8) is 0 Å². The maximum atomic E-state index is 5.40. The summed E-state index contributed by atoms with van der Waals surface area (Å²) < 4.78 is 7.31. The molecule has 26 heavy (non-hydrogen) atoms. The van der Waals surface area contributed by atoms with Gasteiger partial charge in [-0.05, 0) is 12.5 Å². The van der Waals surface area contributed by atoms with Gasteiger partial charge in [-0.25, -0.2) is 0 Å². The molecule has 3 rings (SSSR count). The first-order valence-corrected chi connectivity index (χ1v) is 8.28. The minimum absolute atomic E-state index is 0. The van der Waals surface area contributed by atoms with Crippen LogP contribution in [0.5, 0.6) is 0 Å². The Morgan fingerprint density at radius 2 is 2.04 bits per heavy atom. The van der Waals surface area contributed by atoms with Crippen LogP contribution in [0.2, 0.25) is 0 Å². The highest BCUT2D eigenvalue weighted by Crippen LogP contribution is 2.19. The molecular weight excluding hydrogens is 443 g/mol. The van der Waals surface area contributed by atoms with Gasteiger partial charge in [-0.2, -0.15) is 5.10 Å². The van der Waals surface area contributed by atoms with Gasteiger partial charge in [0, 0.05) is 44.2 Å². The molecule has 2 aromatic heterocycles. The number of hydrogen-bond acceptors (Lipinski definition) is 4. The predicted molar refractivity (Wildman–Crippen MR) is 112 cm³/mol. The topological polar surface area (TPSA) is 80.3 Å². The summed E-state index contributed by atoms with van der Waals surface area (Å²) >= 11 is 0. The van der Waals surface area contributed by atoms with Crippen LogP contribution in [0.15, 0.2) is 64.4 Å². The van der Waals surface area contributed by atoms with E-state index in [1.807, 2.05) is 53.3 Å². The van der Waals surface area contributed by atoms with Crippen molar-refractivity contribution in [2.24, 2.45) is 4.99 Å². The van der Waals surface area contributed by atoms with Gasteiger partial charge in [0.1, 0.15) is 5.69 Å². The maximum Gasteiger partial charge on any atom is 0.191 e. The third kappa shape index (κ3) is 5.87. The lowest BCUT2D eigenvalue weighted by atomic mass is 10.2. The zero-order chi connectivity index (χ0) is 17.3. The van der Waals surface area contributed by atoms with Crippen LogP contribution in [0.25, 0.3) is 11.3 Å². The van der Waals surface area contributed by atoms with E-state index in [4.69, 9.17) is 4.52 Å². The number of benzene rings is 1. The van der Waals surface area contributed by atoms with Gasteiger partial charge in [0.15, 0.2) is 11.7 Å². The molecule has 0 aliphatic rings. The SMILES string of the molecule is CN=C(NCCCn1cccn1)NCc1cc(-c2ccccc2)on1.I. The maximum absolute atomic E-state index is 5.40. The van der Waals surface area contributed by atoms with Crippen LogP contribution in [0.1, 0.15) is 12.1 Å². The number of nitrogens with one attached hydrogen (secondary N) is 2. The Kier molecular flexibility index (Phi) is 8.13. The minimum atomic E-state index is 0. The molecule has 0 aliphatic heterocycles. The molecule has 0 amide bonds. The summed E-state index contributed by atoms with van der Waals surface area (Å²) in [5, 5.41) is 14.8. The number of aromatic nitrogens is 3. The van der Waals surface area contributed by atoms with Gasteiger partial charge in [-0.15, -0.1) is 24.0 Å². The number of nitrogens with zero attached hydrogens (tertiary/aromatic N) is 4. The van der Waals surface area contributed by atoms with Crippen LogP contribution >= 0.6 is 24.0 Å².